The van der Waals surface area contributed by atoms with Gasteiger partial charge in [-0.25, -0.2) is 4.79 Å². The molecule has 20 heavy (non-hydrogen) atoms. The average molecular weight is 299 g/mol. The second-order valence-electron chi connectivity index (χ2n) is 5.05. The first-order valence-corrected chi connectivity index (χ1v) is 6.78. The van der Waals surface area contributed by atoms with Crippen molar-refractivity contribution >= 4 is 23.6 Å². The number of nitrogens with zero attached hydrogens (tertiary/aromatic N) is 4. The highest BCUT2D eigenvalue weighted by Gasteiger charge is 2.39. The van der Waals surface area contributed by atoms with Crippen molar-refractivity contribution in [2.75, 3.05) is 26.2 Å². The Kier molecular flexibility index (Phi) is 3.08. The van der Waals surface area contributed by atoms with Gasteiger partial charge in [-0.15, -0.1) is 0 Å². The summed E-state index contributed by atoms with van der Waals surface area (Å²) < 4.78 is 6.49. The monoisotopic (exact) mass is 298 g/mol. The molecule has 1 atom stereocenters. The van der Waals surface area contributed by atoms with Crippen LogP contribution in [0.1, 0.15) is 16.2 Å². The number of carbonyl (C=O) groups excluding carboxylic acids is 2. The Labute approximate surface area is 121 Å². The number of hydrogen-bond donors (Lipinski definition) is 0. The second-order valence-corrected chi connectivity index (χ2v) is 5.42. The maximum absolute atomic E-state index is 12.6. The van der Waals surface area contributed by atoms with Gasteiger partial charge >= 0.3 is 6.09 Å². The number of piperazine rings is 1. The van der Waals surface area contributed by atoms with Crippen molar-refractivity contribution in [3.63, 3.8) is 0 Å². The lowest BCUT2D eigenvalue weighted by Gasteiger charge is -2.35. The second kappa shape index (κ2) is 4.66. The lowest BCUT2D eigenvalue weighted by molar-refractivity contribution is 0.0606. The molecule has 0 aliphatic carbocycles. The minimum absolute atomic E-state index is 0.0618. The molecule has 2 fully saturated rings. The predicted molar refractivity (Wildman–Crippen MR) is 70.7 cm³/mol. The minimum atomic E-state index is -0.295. The van der Waals surface area contributed by atoms with Gasteiger partial charge in [-0.05, 0) is 6.92 Å². The smallest absolute Gasteiger partial charge is 0.410 e. The van der Waals surface area contributed by atoms with E-state index in [1.54, 1.807) is 23.8 Å². The summed E-state index contributed by atoms with van der Waals surface area (Å²) in [5, 5.41) is 4.54. The number of halogens is 1. The summed E-state index contributed by atoms with van der Waals surface area (Å²) in [6.45, 7) is 3.53. The number of aromatic nitrogens is 2. The van der Waals surface area contributed by atoms with Crippen molar-refractivity contribution in [2.45, 2.75) is 13.0 Å². The van der Waals surface area contributed by atoms with Crippen molar-refractivity contribution in [1.29, 1.82) is 0 Å². The van der Waals surface area contributed by atoms with Gasteiger partial charge in [-0.1, -0.05) is 11.6 Å². The van der Waals surface area contributed by atoms with Crippen LogP contribution in [0.15, 0.2) is 0 Å². The number of carbonyl (C=O) groups is 2. The Morgan fingerprint density at radius 1 is 1.45 bits per heavy atom. The van der Waals surface area contributed by atoms with E-state index in [0.29, 0.717) is 42.7 Å². The highest BCUT2D eigenvalue weighted by Crippen LogP contribution is 2.24. The molecule has 0 saturated carbocycles. The number of hydrogen-bond acceptors (Lipinski definition) is 4. The Balaban J connectivity index is 1.80. The SMILES string of the molecule is Cc1nn(C)c(C(=O)N2CCN3C(=O)OCC3C2)c1Cl. The molecule has 108 valence electrons. The zero-order valence-electron chi connectivity index (χ0n) is 11.3. The highest BCUT2D eigenvalue weighted by atomic mass is 35.5. The summed E-state index contributed by atoms with van der Waals surface area (Å²) >= 11 is 6.14. The molecule has 0 spiro atoms. The van der Waals surface area contributed by atoms with Crippen LogP contribution in [-0.4, -0.2) is 63.9 Å². The molecular weight excluding hydrogens is 284 g/mol. The summed E-state index contributed by atoms with van der Waals surface area (Å²) in [7, 11) is 1.70. The summed E-state index contributed by atoms with van der Waals surface area (Å²) in [5.41, 5.74) is 1.03. The van der Waals surface area contributed by atoms with Gasteiger partial charge in [-0.2, -0.15) is 5.10 Å². The molecule has 1 unspecified atom stereocenters. The molecule has 0 aromatic carbocycles. The van der Waals surface area contributed by atoms with Gasteiger partial charge < -0.3 is 9.64 Å². The van der Waals surface area contributed by atoms with Crippen molar-refractivity contribution in [3.8, 4) is 0 Å². The van der Waals surface area contributed by atoms with Crippen LogP contribution >= 0.6 is 11.6 Å². The molecule has 7 nitrogen and oxygen atoms in total. The van der Waals surface area contributed by atoms with E-state index in [2.05, 4.69) is 5.10 Å². The van der Waals surface area contributed by atoms with E-state index in [4.69, 9.17) is 16.3 Å². The lowest BCUT2D eigenvalue weighted by Crippen LogP contribution is -2.54. The van der Waals surface area contributed by atoms with Crippen LogP contribution in [0.3, 0.4) is 0 Å². The third-order valence-electron chi connectivity index (χ3n) is 3.76. The molecule has 2 saturated heterocycles. The van der Waals surface area contributed by atoms with Gasteiger partial charge in [0.05, 0.1) is 16.8 Å². The minimum Gasteiger partial charge on any atom is -0.447 e. The molecule has 2 amide bonds. The quantitative estimate of drug-likeness (QED) is 0.764. The first-order chi connectivity index (χ1) is 9.49. The Hall–Kier alpha value is -1.76. The maximum Gasteiger partial charge on any atom is 0.410 e. The van der Waals surface area contributed by atoms with Gasteiger partial charge in [0.25, 0.3) is 5.91 Å². The summed E-state index contributed by atoms with van der Waals surface area (Å²) in [5.74, 6) is -0.155. The zero-order valence-corrected chi connectivity index (χ0v) is 12.1. The van der Waals surface area contributed by atoms with E-state index < -0.39 is 0 Å². The lowest BCUT2D eigenvalue weighted by atomic mass is 10.2. The van der Waals surface area contributed by atoms with Gasteiger partial charge in [0, 0.05) is 26.7 Å². The van der Waals surface area contributed by atoms with E-state index in [-0.39, 0.29) is 18.0 Å². The molecular formula is C12H15ClN4O3. The predicted octanol–water partition coefficient (Wildman–Crippen LogP) is 0.659. The van der Waals surface area contributed by atoms with Crippen molar-refractivity contribution in [3.05, 3.63) is 16.4 Å². The molecule has 1 aromatic heterocycles. The first-order valence-electron chi connectivity index (χ1n) is 6.41. The van der Waals surface area contributed by atoms with Crippen molar-refractivity contribution < 1.29 is 14.3 Å². The number of amides is 2. The van der Waals surface area contributed by atoms with Gasteiger partial charge in [-0.3, -0.25) is 14.4 Å². The third kappa shape index (κ3) is 1.93. The molecule has 0 N–H and O–H groups in total. The van der Waals surface area contributed by atoms with Crippen molar-refractivity contribution in [1.82, 2.24) is 19.6 Å². The summed E-state index contributed by atoms with van der Waals surface area (Å²) in [4.78, 5) is 27.4. The fourth-order valence-electron chi connectivity index (χ4n) is 2.69. The molecule has 1 aromatic rings. The van der Waals surface area contributed by atoms with Crippen LogP contribution in [-0.2, 0) is 11.8 Å². The summed E-state index contributed by atoms with van der Waals surface area (Å²) in [6.07, 6.45) is -0.295. The molecule has 0 radical (unpaired) electrons. The van der Waals surface area contributed by atoms with Gasteiger partial charge in [0.15, 0.2) is 0 Å². The van der Waals surface area contributed by atoms with Crippen LogP contribution in [0, 0.1) is 6.92 Å². The Bertz CT molecular complexity index is 586. The molecule has 0 bridgehead atoms. The Morgan fingerprint density at radius 2 is 2.20 bits per heavy atom. The topological polar surface area (TPSA) is 67.7 Å². The standard InChI is InChI=1S/C12H15ClN4O3/c1-7-9(13)10(15(2)14-7)11(18)16-3-4-17-8(5-16)6-20-12(17)19/h8H,3-6H2,1-2H3. The van der Waals surface area contributed by atoms with E-state index in [0.717, 1.165) is 0 Å². The van der Waals surface area contributed by atoms with Crippen LogP contribution in [0.4, 0.5) is 4.79 Å². The average Bonchev–Trinajstić information content (AvgIpc) is 2.90. The number of ether oxygens (including phenoxy) is 1. The number of cyclic esters (lactones) is 1. The van der Waals surface area contributed by atoms with E-state index >= 15 is 0 Å². The largest absolute Gasteiger partial charge is 0.447 e. The fraction of sp³-hybridized carbons (Fsp3) is 0.583. The number of rotatable bonds is 1. The highest BCUT2D eigenvalue weighted by molar-refractivity contribution is 6.34. The first kappa shape index (κ1) is 13.2. The third-order valence-corrected chi connectivity index (χ3v) is 4.21. The van der Waals surface area contributed by atoms with Crippen LogP contribution in [0.25, 0.3) is 0 Å². The van der Waals surface area contributed by atoms with Gasteiger partial charge in [0.2, 0.25) is 0 Å². The number of fused-ring (bicyclic) bond motifs is 1. The molecule has 3 heterocycles. The van der Waals surface area contributed by atoms with E-state index in [1.165, 1.54) is 4.68 Å². The summed E-state index contributed by atoms with van der Waals surface area (Å²) in [6, 6.07) is -0.0618. The van der Waals surface area contributed by atoms with Crippen LogP contribution in [0.2, 0.25) is 5.02 Å². The van der Waals surface area contributed by atoms with E-state index in [1.807, 2.05) is 0 Å². The van der Waals surface area contributed by atoms with Gasteiger partial charge in [0.1, 0.15) is 12.3 Å². The van der Waals surface area contributed by atoms with E-state index in [9.17, 15) is 9.59 Å². The zero-order chi connectivity index (χ0) is 14.4. The molecule has 8 heteroatoms. The Morgan fingerprint density at radius 3 is 2.85 bits per heavy atom. The number of aryl methyl sites for hydroxylation is 2. The molecule has 2 aliphatic heterocycles. The normalized spacial score (nSPS) is 21.9. The molecule has 2 aliphatic rings. The van der Waals surface area contributed by atoms with Crippen LogP contribution < -0.4 is 0 Å². The molecule has 3 rings (SSSR count). The van der Waals surface area contributed by atoms with Crippen molar-refractivity contribution in [2.24, 2.45) is 7.05 Å². The maximum atomic E-state index is 12.6. The fourth-order valence-corrected chi connectivity index (χ4v) is 2.93. The van der Waals surface area contributed by atoms with Crippen LogP contribution in [0.5, 0.6) is 0 Å².